The molecule has 20 heavy (non-hydrogen) atoms. The molecule has 2 unspecified atom stereocenters. The van der Waals surface area contributed by atoms with Gasteiger partial charge in [0, 0.05) is 0 Å². The van der Waals surface area contributed by atoms with Gasteiger partial charge >= 0.3 is 11.9 Å². The summed E-state index contributed by atoms with van der Waals surface area (Å²) in [4.78, 5) is 22.0. The fourth-order valence-electron chi connectivity index (χ4n) is 1.73. The molecule has 5 heteroatoms. The summed E-state index contributed by atoms with van der Waals surface area (Å²) in [6.07, 6.45) is 0.0742. The molecular formula is C15H19ClO4. The standard InChI is InChI=1S/C15H19ClO4/c1-4-14(2,16)13(19)20-15(3,10-12(17)18)11-8-6-5-7-9-11/h5-9H,4,10H2,1-3H3,(H,17,18). The Hall–Kier alpha value is -1.55. The third-order valence-electron chi connectivity index (χ3n) is 3.28. The van der Waals surface area contributed by atoms with E-state index in [1.165, 1.54) is 0 Å². The molecule has 1 aromatic rings. The number of carbonyl (C=O) groups excluding carboxylic acids is 1. The summed E-state index contributed by atoms with van der Waals surface area (Å²) in [6, 6.07) is 8.80. The highest BCUT2D eigenvalue weighted by atomic mass is 35.5. The molecule has 110 valence electrons. The number of halogens is 1. The Balaban J connectivity index is 3.08. The number of hydrogen-bond acceptors (Lipinski definition) is 3. The number of rotatable bonds is 6. The lowest BCUT2D eigenvalue weighted by atomic mass is 9.92. The molecule has 1 aromatic carbocycles. The van der Waals surface area contributed by atoms with Crippen molar-refractivity contribution < 1.29 is 19.4 Å². The predicted molar refractivity (Wildman–Crippen MR) is 76.7 cm³/mol. The van der Waals surface area contributed by atoms with Gasteiger partial charge in [-0.3, -0.25) is 9.59 Å². The van der Waals surface area contributed by atoms with Gasteiger partial charge in [-0.2, -0.15) is 0 Å². The topological polar surface area (TPSA) is 63.6 Å². The highest BCUT2D eigenvalue weighted by Gasteiger charge is 2.39. The van der Waals surface area contributed by atoms with Gasteiger partial charge in [-0.25, -0.2) is 0 Å². The van der Waals surface area contributed by atoms with Crippen LogP contribution in [0.1, 0.15) is 39.2 Å². The van der Waals surface area contributed by atoms with Gasteiger partial charge in [0.05, 0.1) is 6.42 Å². The van der Waals surface area contributed by atoms with Crippen molar-refractivity contribution >= 4 is 23.5 Å². The van der Waals surface area contributed by atoms with Gasteiger partial charge in [0.1, 0.15) is 10.5 Å². The lowest BCUT2D eigenvalue weighted by Crippen LogP contribution is -2.39. The zero-order valence-electron chi connectivity index (χ0n) is 11.9. The summed E-state index contributed by atoms with van der Waals surface area (Å²) in [5.41, 5.74) is -0.616. The molecule has 0 aliphatic heterocycles. The highest BCUT2D eigenvalue weighted by molar-refractivity contribution is 6.33. The first kappa shape index (κ1) is 16.5. The number of benzene rings is 1. The van der Waals surface area contributed by atoms with Crippen molar-refractivity contribution in [3.8, 4) is 0 Å². The van der Waals surface area contributed by atoms with Crippen molar-refractivity contribution in [1.29, 1.82) is 0 Å². The highest BCUT2D eigenvalue weighted by Crippen LogP contribution is 2.33. The van der Waals surface area contributed by atoms with Gasteiger partial charge in [0.15, 0.2) is 0 Å². The number of hydrogen-bond donors (Lipinski definition) is 1. The summed E-state index contributed by atoms with van der Waals surface area (Å²) in [5.74, 6) is -1.66. The van der Waals surface area contributed by atoms with Crippen molar-refractivity contribution in [2.75, 3.05) is 0 Å². The summed E-state index contributed by atoms with van der Waals surface area (Å²) >= 11 is 6.08. The van der Waals surface area contributed by atoms with Gasteiger partial charge < -0.3 is 9.84 Å². The molecule has 0 saturated carbocycles. The Labute approximate surface area is 123 Å². The maximum absolute atomic E-state index is 12.1. The van der Waals surface area contributed by atoms with E-state index in [9.17, 15) is 9.59 Å². The van der Waals surface area contributed by atoms with Gasteiger partial charge in [0.2, 0.25) is 0 Å². The van der Waals surface area contributed by atoms with Crippen LogP contribution >= 0.6 is 11.6 Å². The van der Waals surface area contributed by atoms with E-state index >= 15 is 0 Å². The fraction of sp³-hybridized carbons (Fsp3) is 0.467. The van der Waals surface area contributed by atoms with Gasteiger partial charge in [-0.1, -0.05) is 37.3 Å². The van der Waals surface area contributed by atoms with Crippen LogP contribution in [0.4, 0.5) is 0 Å². The molecule has 0 aliphatic carbocycles. The normalized spacial score (nSPS) is 16.8. The molecule has 0 radical (unpaired) electrons. The minimum atomic E-state index is -1.24. The Bertz CT molecular complexity index is 484. The zero-order valence-corrected chi connectivity index (χ0v) is 12.6. The van der Waals surface area contributed by atoms with Crippen molar-refractivity contribution in [2.45, 2.75) is 44.1 Å². The zero-order chi connectivity index (χ0) is 15.4. The number of alkyl halides is 1. The molecule has 0 spiro atoms. The minimum absolute atomic E-state index is 0.320. The summed E-state index contributed by atoms with van der Waals surface area (Å²) < 4.78 is 5.44. The summed E-state index contributed by atoms with van der Waals surface area (Å²) in [7, 11) is 0. The molecule has 2 atom stereocenters. The van der Waals surface area contributed by atoms with E-state index in [1.807, 2.05) is 6.07 Å². The Kier molecular flexibility index (Phi) is 5.17. The average molecular weight is 299 g/mol. The van der Waals surface area contributed by atoms with Gasteiger partial charge in [-0.15, -0.1) is 11.6 Å². The van der Waals surface area contributed by atoms with Crippen LogP contribution in [0.25, 0.3) is 0 Å². The van der Waals surface area contributed by atoms with Gasteiger partial charge in [0.25, 0.3) is 0 Å². The molecule has 0 saturated heterocycles. The smallest absolute Gasteiger partial charge is 0.327 e. The molecule has 0 bridgehead atoms. The van der Waals surface area contributed by atoms with E-state index in [-0.39, 0.29) is 6.42 Å². The van der Waals surface area contributed by atoms with Gasteiger partial charge in [-0.05, 0) is 25.8 Å². The largest absolute Gasteiger partial charge is 0.481 e. The van der Waals surface area contributed by atoms with E-state index in [2.05, 4.69) is 0 Å². The Morgan fingerprint density at radius 3 is 2.25 bits per heavy atom. The number of carbonyl (C=O) groups is 2. The quantitative estimate of drug-likeness (QED) is 0.646. The van der Waals surface area contributed by atoms with E-state index in [0.29, 0.717) is 12.0 Å². The molecule has 1 rings (SSSR count). The van der Waals surface area contributed by atoms with Crippen molar-refractivity contribution in [3.05, 3.63) is 35.9 Å². The second-order valence-corrected chi connectivity index (χ2v) is 5.94. The van der Waals surface area contributed by atoms with E-state index in [4.69, 9.17) is 21.4 Å². The average Bonchev–Trinajstić information content (AvgIpc) is 2.38. The second-order valence-electron chi connectivity index (χ2n) is 5.11. The summed E-state index contributed by atoms with van der Waals surface area (Å²) in [6.45, 7) is 4.91. The van der Waals surface area contributed by atoms with Crippen LogP contribution in [0, 0.1) is 0 Å². The van der Waals surface area contributed by atoms with Crippen LogP contribution in [0.15, 0.2) is 30.3 Å². The third-order valence-corrected chi connectivity index (χ3v) is 3.70. The van der Waals surface area contributed by atoms with Crippen molar-refractivity contribution in [3.63, 3.8) is 0 Å². The molecule has 1 N–H and O–H groups in total. The Morgan fingerprint density at radius 2 is 1.80 bits per heavy atom. The van der Waals surface area contributed by atoms with E-state index < -0.39 is 22.4 Å². The molecular weight excluding hydrogens is 280 g/mol. The molecule has 0 amide bonds. The third kappa shape index (κ3) is 3.97. The molecule has 0 aliphatic rings. The van der Waals surface area contributed by atoms with E-state index in [0.717, 1.165) is 0 Å². The van der Waals surface area contributed by atoms with Crippen LogP contribution in [0.2, 0.25) is 0 Å². The molecule has 0 aromatic heterocycles. The van der Waals surface area contributed by atoms with Crippen molar-refractivity contribution in [1.82, 2.24) is 0 Å². The van der Waals surface area contributed by atoms with Crippen molar-refractivity contribution in [2.24, 2.45) is 0 Å². The summed E-state index contributed by atoms with van der Waals surface area (Å²) in [5, 5.41) is 9.06. The molecule has 0 heterocycles. The molecule has 0 fully saturated rings. The fourth-order valence-corrected chi connectivity index (χ4v) is 1.77. The monoisotopic (exact) mass is 298 g/mol. The number of carboxylic acid groups (broad SMARTS) is 1. The number of esters is 1. The lowest BCUT2D eigenvalue weighted by molar-refractivity contribution is -0.167. The van der Waals surface area contributed by atoms with E-state index in [1.54, 1.807) is 45.0 Å². The first-order valence-electron chi connectivity index (χ1n) is 6.41. The second kappa shape index (κ2) is 6.27. The van der Waals surface area contributed by atoms with Crippen LogP contribution in [0.5, 0.6) is 0 Å². The van der Waals surface area contributed by atoms with Crippen LogP contribution in [0.3, 0.4) is 0 Å². The van der Waals surface area contributed by atoms with Crippen LogP contribution < -0.4 is 0 Å². The Morgan fingerprint density at radius 1 is 1.25 bits per heavy atom. The number of ether oxygens (including phenoxy) is 1. The SMILES string of the molecule is CCC(C)(Cl)C(=O)OC(C)(CC(=O)O)c1ccccc1. The number of carboxylic acids is 1. The van der Waals surface area contributed by atoms with Crippen LogP contribution in [-0.2, 0) is 19.9 Å². The maximum Gasteiger partial charge on any atom is 0.327 e. The number of aliphatic carboxylic acids is 1. The lowest BCUT2D eigenvalue weighted by Gasteiger charge is -2.31. The molecule has 4 nitrogen and oxygen atoms in total. The first-order chi connectivity index (χ1) is 9.21. The maximum atomic E-state index is 12.1. The predicted octanol–water partition coefficient (Wildman–Crippen LogP) is 3.33. The minimum Gasteiger partial charge on any atom is -0.481 e. The first-order valence-corrected chi connectivity index (χ1v) is 6.79. The van der Waals surface area contributed by atoms with Crippen LogP contribution in [-0.4, -0.2) is 21.9 Å².